The summed E-state index contributed by atoms with van der Waals surface area (Å²) in [5, 5.41) is 10.1. The second kappa shape index (κ2) is 7.61. The molecule has 0 bridgehead atoms. The summed E-state index contributed by atoms with van der Waals surface area (Å²) in [5.74, 6) is 0.571. The maximum absolute atomic E-state index is 12.4. The van der Waals surface area contributed by atoms with Gasteiger partial charge in [-0.25, -0.2) is 9.78 Å². The number of oxazole rings is 1. The molecule has 2 heterocycles. The fourth-order valence-corrected chi connectivity index (χ4v) is 3.43. The van der Waals surface area contributed by atoms with E-state index in [0.717, 1.165) is 33.8 Å². The van der Waals surface area contributed by atoms with E-state index in [-0.39, 0.29) is 6.03 Å². The number of nitrogens with one attached hydrogen (secondary N) is 2. The average Bonchev–Trinajstić information content (AvgIpc) is 3.35. The SMILES string of the molecule is Cc1ccccc1-c1ccc(NC(=O)Nc2snnc2C)c(-c2cnco2)c1. The third kappa shape index (κ3) is 3.63. The Labute approximate surface area is 165 Å². The van der Waals surface area contributed by atoms with Crippen LogP contribution in [0.5, 0.6) is 0 Å². The fraction of sp³-hybridized carbons (Fsp3) is 0.100. The van der Waals surface area contributed by atoms with Gasteiger partial charge in [0, 0.05) is 17.1 Å². The van der Waals surface area contributed by atoms with Crippen LogP contribution in [0.15, 0.2) is 59.5 Å². The van der Waals surface area contributed by atoms with E-state index in [2.05, 4.69) is 44.3 Å². The van der Waals surface area contributed by atoms with E-state index < -0.39 is 0 Å². The van der Waals surface area contributed by atoms with Crippen LogP contribution in [0.2, 0.25) is 0 Å². The van der Waals surface area contributed by atoms with Crippen molar-refractivity contribution in [3.8, 4) is 22.5 Å². The highest BCUT2D eigenvalue weighted by molar-refractivity contribution is 7.10. The second-order valence-corrected chi connectivity index (χ2v) is 6.96. The lowest BCUT2D eigenvalue weighted by Crippen LogP contribution is -2.19. The average molecular weight is 391 g/mol. The molecule has 8 heteroatoms. The number of amides is 2. The van der Waals surface area contributed by atoms with Crippen molar-refractivity contribution in [3.63, 3.8) is 0 Å². The molecule has 2 amide bonds. The van der Waals surface area contributed by atoms with Crippen molar-refractivity contribution in [3.05, 3.63) is 66.3 Å². The number of carbonyl (C=O) groups excluding carboxylic acids is 1. The minimum atomic E-state index is -0.376. The number of urea groups is 1. The Bertz CT molecular complexity index is 1120. The molecule has 0 atom stereocenters. The lowest BCUT2D eigenvalue weighted by atomic mass is 9.97. The van der Waals surface area contributed by atoms with E-state index in [1.54, 1.807) is 13.1 Å². The van der Waals surface area contributed by atoms with Gasteiger partial charge in [-0.3, -0.25) is 5.32 Å². The van der Waals surface area contributed by atoms with Crippen LogP contribution in [0.1, 0.15) is 11.3 Å². The molecule has 140 valence electrons. The monoisotopic (exact) mass is 391 g/mol. The number of hydrogen-bond donors (Lipinski definition) is 2. The van der Waals surface area contributed by atoms with Gasteiger partial charge in [-0.1, -0.05) is 34.8 Å². The van der Waals surface area contributed by atoms with E-state index in [1.807, 2.05) is 30.3 Å². The summed E-state index contributed by atoms with van der Waals surface area (Å²) in [5.41, 5.74) is 5.33. The first kappa shape index (κ1) is 17.9. The molecule has 0 spiro atoms. The van der Waals surface area contributed by atoms with Gasteiger partial charge in [-0.2, -0.15) is 0 Å². The van der Waals surface area contributed by atoms with Crippen molar-refractivity contribution >= 4 is 28.3 Å². The molecule has 0 radical (unpaired) electrons. The van der Waals surface area contributed by atoms with Crippen LogP contribution < -0.4 is 10.6 Å². The lowest BCUT2D eigenvalue weighted by molar-refractivity contribution is 0.262. The zero-order valence-corrected chi connectivity index (χ0v) is 16.1. The molecule has 2 aromatic heterocycles. The van der Waals surface area contributed by atoms with Gasteiger partial charge in [0.2, 0.25) is 0 Å². The topological polar surface area (TPSA) is 92.9 Å². The summed E-state index contributed by atoms with van der Waals surface area (Å²) in [6, 6.07) is 13.6. The van der Waals surface area contributed by atoms with Gasteiger partial charge in [0.25, 0.3) is 0 Å². The largest absolute Gasteiger partial charge is 0.443 e. The quantitative estimate of drug-likeness (QED) is 0.504. The van der Waals surface area contributed by atoms with Crippen molar-refractivity contribution in [2.75, 3.05) is 10.6 Å². The standard InChI is InChI=1S/C20H17N5O2S/c1-12-5-3-4-6-15(12)14-7-8-17(16(9-14)18-10-21-11-27-18)22-20(26)23-19-13(2)24-25-28-19/h3-11H,1-2H3,(H2,22,23,26). The molecule has 0 aliphatic heterocycles. The fourth-order valence-electron chi connectivity index (χ4n) is 2.87. The van der Waals surface area contributed by atoms with E-state index in [4.69, 9.17) is 4.42 Å². The number of anilines is 2. The molecule has 2 aromatic carbocycles. The first-order chi connectivity index (χ1) is 13.6. The second-order valence-electron chi connectivity index (χ2n) is 6.21. The minimum Gasteiger partial charge on any atom is -0.443 e. The van der Waals surface area contributed by atoms with Crippen molar-refractivity contribution < 1.29 is 9.21 Å². The van der Waals surface area contributed by atoms with Gasteiger partial charge in [0.1, 0.15) is 5.00 Å². The molecular formula is C20H17N5O2S. The minimum absolute atomic E-state index is 0.376. The van der Waals surface area contributed by atoms with Crippen LogP contribution in [0, 0.1) is 13.8 Å². The van der Waals surface area contributed by atoms with E-state index in [9.17, 15) is 4.79 Å². The van der Waals surface area contributed by atoms with Gasteiger partial charge in [0.15, 0.2) is 12.2 Å². The van der Waals surface area contributed by atoms with E-state index >= 15 is 0 Å². The van der Waals surface area contributed by atoms with Gasteiger partial charge < -0.3 is 9.73 Å². The third-order valence-electron chi connectivity index (χ3n) is 4.30. The first-order valence-electron chi connectivity index (χ1n) is 8.57. The molecule has 28 heavy (non-hydrogen) atoms. The zero-order valence-electron chi connectivity index (χ0n) is 15.3. The van der Waals surface area contributed by atoms with Gasteiger partial charge in [-0.15, -0.1) is 5.10 Å². The number of rotatable bonds is 4. The number of aromatic nitrogens is 3. The summed E-state index contributed by atoms with van der Waals surface area (Å²) >= 11 is 1.13. The highest BCUT2D eigenvalue weighted by atomic mass is 32.1. The van der Waals surface area contributed by atoms with Crippen molar-refractivity contribution in [2.24, 2.45) is 0 Å². The highest BCUT2D eigenvalue weighted by Gasteiger charge is 2.15. The van der Waals surface area contributed by atoms with Crippen LogP contribution in [0.4, 0.5) is 15.5 Å². The summed E-state index contributed by atoms with van der Waals surface area (Å²) < 4.78 is 9.31. The number of aryl methyl sites for hydroxylation is 2. The molecule has 0 aliphatic carbocycles. The molecule has 2 N–H and O–H groups in total. The van der Waals surface area contributed by atoms with Gasteiger partial charge in [0.05, 0.1) is 17.6 Å². The van der Waals surface area contributed by atoms with Crippen LogP contribution in [0.25, 0.3) is 22.5 Å². The van der Waals surface area contributed by atoms with Crippen LogP contribution >= 0.6 is 11.5 Å². The Hall–Kier alpha value is -3.52. The van der Waals surface area contributed by atoms with Crippen molar-refractivity contribution in [2.45, 2.75) is 13.8 Å². The van der Waals surface area contributed by atoms with Crippen molar-refractivity contribution in [1.82, 2.24) is 14.6 Å². The van der Waals surface area contributed by atoms with E-state index in [1.165, 1.54) is 6.39 Å². The lowest BCUT2D eigenvalue weighted by Gasteiger charge is -2.13. The summed E-state index contributed by atoms with van der Waals surface area (Å²) in [6.45, 7) is 3.85. The molecule has 0 saturated heterocycles. The number of benzene rings is 2. The summed E-state index contributed by atoms with van der Waals surface area (Å²) in [7, 11) is 0. The van der Waals surface area contributed by atoms with Crippen LogP contribution in [0.3, 0.4) is 0 Å². The first-order valence-corrected chi connectivity index (χ1v) is 9.35. The molecule has 0 fully saturated rings. The highest BCUT2D eigenvalue weighted by Crippen LogP contribution is 2.34. The predicted octanol–water partition coefficient (Wildman–Crippen LogP) is 5.12. The molecule has 0 saturated carbocycles. The molecular weight excluding hydrogens is 374 g/mol. The summed E-state index contributed by atoms with van der Waals surface area (Å²) in [6.07, 6.45) is 2.99. The van der Waals surface area contributed by atoms with Gasteiger partial charge in [-0.05, 0) is 42.7 Å². The maximum atomic E-state index is 12.4. The van der Waals surface area contributed by atoms with E-state index in [0.29, 0.717) is 22.1 Å². The van der Waals surface area contributed by atoms with Crippen LogP contribution in [-0.4, -0.2) is 20.6 Å². The zero-order chi connectivity index (χ0) is 19.5. The Morgan fingerprint density at radius 2 is 1.93 bits per heavy atom. The summed E-state index contributed by atoms with van der Waals surface area (Å²) in [4.78, 5) is 16.4. The number of hydrogen-bond acceptors (Lipinski definition) is 6. The van der Waals surface area contributed by atoms with Crippen LogP contribution in [-0.2, 0) is 0 Å². The molecule has 0 aliphatic rings. The van der Waals surface area contributed by atoms with Gasteiger partial charge >= 0.3 is 6.03 Å². The molecule has 4 rings (SSSR count). The number of carbonyl (C=O) groups is 1. The molecule has 0 unspecified atom stereocenters. The third-order valence-corrected chi connectivity index (χ3v) is 5.04. The predicted molar refractivity (Wildman–Crippen MR) is 109 cm³/mol. The Kier molecular flexibility index (Phi) is 4.86. The Morgan fingerprint density at radius 3 is 2.64 bits per heavy atom. The molecule has 7 nitrogen and oxygen atoms in total. The normalized spacial score (nSPS) is 10.6. The Morgan fingerprint density at radius 1 is 1.07 bits per heavy atom. The Balaban J connectivity index is 1.68. The molecule has 4 aromatic rings. The van der Waals surface area contributed by atoms with Crippen molar-refractivity contribution in [1.29, 1.82) is 0 Å². The smallest absolute Gasteiger partial charge is 0.324 e. The maximum Gasteiger partial charge on any atom is 0.324 e. The number of nitrogens with zero attached hydrogens (tertiary/aromatic N) is 3.